The number of rotatable bonds is 3. The highest BCUT2D eigenvalue weighted by Gasteiger charge is 2.17. The summed E-state index contributed by atoms with van der Waals surface area (Å²) in [6.45, 7) is 0. The van der Waals surface area contributed by atoms with Gasteiger partial charge in [-0.3, -0.25) is 0 Å². The van der Waals surface area contributed by atoms with Crippen LogP contribution in [0.25, 0.3) is 31.3 Å². The van der Waals surface area contributed by atoms with Crippen molar-refractivity contribution in [2.24, 2.45) is 15.3 Å². The van der Waals surface area contributed by atoms with E-state index in [1.54, 1.807) is 0 Å². The van der Waals surface area contributed by atoms with Crippen molar-refractivity contribution in [3.05, 3.63) is 42.0 Å². The maximum atomic E-state index is 8.52. The molecule has 9 nitrogen and oxygen atoms in total. The number of nitrogens with zero attached hydrogens (tertiary/aromatic N) is 9. The first kappa shape index (κ1) is 15.4. The van der Waals surface area contributed by atoms with Crippen molar-refractivity contribution < 1.29 is 0 Å². The maximum Gasteiger partial charge on any atom is 0.0652 e. The molecule has 0 aliphatic carbocycles. The number of benzene rings is 1. The molecule has 18 heavy (non-hydrogen) atoms. The van der Waals surface area contributed by atoms with Gasteiger partial charge in [-0.15, -0.1) is 0 Å². The normalized spacial score (nSPS) is 8.83. The SMILES string of the molecule is [N-]=[N+]=Nc1c(I)c(N=[N+]=[N-])c(I)c(N=[N+]=[N-])c1I. The highest BCUT2D eigenvalue weighted by molar-refractivity contribution is 14.1. The molecule has 0 fully saturated rings. The molecule has 0 aromatic heterocycles. The average molecular weight is 579 g/mol. The van der Waals surface area contributed by atoms with E-state index in [1.165, 1.54) is 0 Å². The van der Waals surface area contributed by atoms with Gasteiger partial charge in [0.05, 0.1) is 17.1 Å². The molecule has 0 amide bonds. The van der Waals surface area contributed by atoms with Crippen LogP contribution in [0.15, 0.2) is 15.3 Å². The minimum Gasteiger partial charge on any atom is -0.0585 e. The fourth-order valence-electron chi connectivity index (χ4n) is 1.02. The Labute approximate surface area is 141 Å². The predicted molar refractivity (Wildman–Crippen MR) is 91.0 cm³/mol. The molecule has 0 bridgehead atoms. The molecule has 1 rings (SSSR count). The smallest absolute Gasteiger partial charge is 0.0585 e. The molecule has 1 aromatic carbocycles. The number of hydrogen-bond donors (Lipinski definition) is 0. The first-order valence-electron chi connectivity index (χ1n) is 3.94. The zero-order chi connectivity index (χ0) is 13.7. The van der Waals surface area contributed by atoms with Crippen molar-refractivity contribution in [3.63, 3.8) is 0 Å². The van der Waals surface area contributed by atoms with E-state index in [0.717, 1.165) is 0 Å². The van der Waals surface area contributed by atoms with Crippen LogP contribution in [-0.2, 0) is 0 Å². The Bertz CT molecular complexity index is 537. The number of hydrogen-bond acceptors (Lipinski definition) is 3. The van der Waals surface area contributed by atoms with Gasteiger partial charge in [0.2, 0.25) is 0 Å². The summed E-state index contributed by atoms with van der Waals surface area (Å²) in [4.78, 5) is 8.11. The summed E-state index contributed by atoms with van der Waals surface area (Å²) in [5.74, 6) is 0. The van der Waals surface area contributed by atoms with E-state index in [-0.39, 0.29) is 17.1 Å². The topological polar surface area (TPSA) is 146 Å². The molecule has 0 heterocycles. The molecule has 0 radical (unpaired) electrons. The van der Waals surface area contributed by atoms with Gasteiger partial charge in [0.15, 0.2) is 0 Å². The van der Waals surface area contributed by atoms with Crippen molar-refractivity contribution in [2.45, 2.75) is 0 Å². The van der Waals surface area contributed by atoms with E-state index in [9.17, 15) is 0 Å². The standard InChI is InChI=1S/C6I3N9/c7-1-4(13-16-10)2(8)6(15-18-12)3(9)5(1)14-17-11. The molecule has 0 aliphatic rings. The van der Waals surface area contributed by atoms with Crippen LogP contribution >= 0.6 is 67.8 Å². The second-order valence-electron chi connectivity index (χ2n) is 2.56. The summed E-state index contributed by atoms with van der Waals surface area (Å²) in [6, 6.07) is 0. The molecule has 0 saturated heterocycles. The summed E-state index contributed by atoms with van der Waals surface area (Å²) in [5, 5.41) is 10.6. The Morgan fingerprint density at radius 1 is 0.611 bits per heavy atom. The summed E-state index contributed by atoms with van der Waals surface area (Å²) in [5.41, 5.74) is 26.4. The van der Waals surface area contributed by atoms with Crippen LogP contribution in [0, 0.1) is 10.7 Å². The molecule has 90 valence electrons. The molecule has 0 N–H and O–H groups in total. The van der Waals surface area contributed by atoms with Crippen LogP contribution < -0.4 is 0 Å². The van der Waals surface area contributed by atoms with Gasteiger partial charge >= 0.3 is 0 Å². The Hall–Kier alpha value is -0.660. The molecule has 0 spiro atoms. The van der Waals surface area contributed by atoms with Crippen LogP contribution in [0.5, 0.6) is 0 Å². The number of halogens is 3. The van der Waals surface area contributed by atoms with E-state index in [1.807, 2.05) is 67.8 Å². The predicted octanol–water partition coefficient (Wildman–Crippen LogP) is 6.33. The van der Waals surface area contributed by atoms with Gasteiger partial charge in [-0.25, -0.2) is 0 Å². The molecule has 0 saturated carbocycles. The van der Waals surface area contributed by atoms with Crippen LogP contribution in [-0.4, -0.2) is 0 Å². The summed E-state index contributed by atoms with van der Waals surface area (Å²) in [7, 11) is 0. The third kappa shape index (κ3) is 3.02. The summed E-state index contributed by atoms with van der Waals surface area (Å²) < 4.78 is 1.52. The highest BCUT2D eigenvalue weighted by Crippen LogP contribution is 2.45. The third-order valence-electron chi connectivity index (χ3n) is 1.68. The molecule has 1 aromatic rings. The second kappa shape index (κ2) is 7.06. The van der Waals surface area contributed by atoms with Gasteiger partial charge in [0, 0.05) is 25.4 Å². The quantitative estimate of drug-likeness (QED) is 0.171. The number of azide groups is 3. The summed E-state index contributed by atoms with van der Waals surface area (Å²) in [6.07, 6.45) is 0. The largest absolute Gasteiger partial charge is 0.0652 e. The Morgan fingerprint density at radius 2 is 0.833 bits per heavy atom. The van der Waals surface area contributed by atoms with Crippen molar-refractivity contribution in [1.82, 2.24) is 0 Å². The Kier molecular flexibility index (Phi) is 6.04. The lowest BCUT2D eigenvalue weighted by Crippen LogP contribution is -1.87. The van der Waals surface area contributed by atoms with Crippen molar-refractivity contribution in [3.8, 4) is 0 Å². The zero-order valence-corrected chi connectivity index (χ0v) is 14.6. The van der Waals surface area contributed by atoms with Crippen LogP contribution in [0.2, 0.25) is 0 Å². The van der Waals surface area contributed by atoms with E-state index in [0.29, 0.717) is 10.7 Å². The van der Waals surface area contributed by atoms with Gasteiger partial charge in [0.25, 0.3) is 0 Å². The lowest BCUT2D eigenvalue weighted by Gasteiger charge is -2.11. The van der Waals surface area contributed by atoms with Crippen LogP contribution in [0.4, 0.5) is 17.1 Å². The van der Waals surface area contributed by atoms with Crippen molar-refractivity contribution in [1.29, 1.82) is 0 Å². The van der Waals surface area contributed by atoms with Gasteiger partial charge in [-0.1, -0.05) is 15.3 Å². The van der Waals surface area contributed by atoms with Gasteiger partial charge in [-0.05, 0) is 84.4 Å². The first-order chi connectivity index (χ1) is 8.58. The molecular formula is C6I3N9. The lowest BCUT2D eigenvalue weighted by atomic mass is 10.2. The Morgan fingerprint density at radius 3 is 1.00 bits per heavy atom. The first-order valence-corrected chi connectivity index (χ1v) is 7.17. The van der Waals surface area contributed by atoms with Crippen molar-refractivity contribution >= 4 is 84.8 Å². The van der Waals surface area contributed by atoms with Crippen molar-refractivity contribution in [2.75, 3.05) is 0 Å². The average Bonchev–Trinajstić information content (AvgIpc) is 2.35. The summed E-state index contributed by atoms with van der Waals surface area (Å²) >= 11 is 5.73. The molecule has 0 aliphatic heterocycles. The monoisotopic (exact) mass is 579 g/mol. The zero-order valence-electron chi connectivity index (χ0n) is 8.16. The van der Waals surface area contributed by atoms with E-state index in [2.05, 4.69) is 30.1 Å². The molecule has 0 atom stereocenters. The minimum atomic E-state index is 0.281. The minimum absolute atomic E-state index is 0.281. The molecular weight excluding hydrogens is 579 g/mol. The maximum absolute atomic E-state index is 8.52. The van der Waals surface area contributed by atoms with Gasteiger partial charge in [-0.2, -0.15) is 0 Å². The van der Waals surface area contributed by atoms with E-state index >= 15 is 0 Å². The lowest BCUT2D eigenvalue weighted by molar-refractivity contribution is 1.32. The molecule has 12 heteroatoms. The Balaban J connectivity index is 3.91. The second-order valence-corrected chi connectivity index (χ2v) is 5.79. The van der Waals surface area contributed by atoms with Gasteiger partial charge in [0.1, 0.15) is 0 Å². The highest BCUT2D eigenvalue weighted by atomic mass is 127. The van der Waals surface area contributed by atoms with E-state index < -0.39 is 0 Å². The van der Waals surface area contributed by atoms with Crippen LogP contribution in [0.3, 0.4) is 0 Å². The van der Waals surface area contributed by atoms with E-state index in [4.69, 9.17) is 16.6 Å². The fourth-order valence-corrected chi connectivity index (χ4v) is 4.84. The van der Waals surface area contributed by atoms with Gasteiger partial charge < -0.3 is 0 Å². The third-order valence-corrected chi connectivity index (χ3v) is 4.75. The fraction of sp³-hybridized carbons (Fsp3) is 0. The molecule has 0 unspecified atom stereocenters. The van der Waals surface area contributed by atoms with Crippen LogP contribution in [0.1, 0.15) is 0 Å².